The lowest BCUT2D eigenvalue weighted by atomic mass is 9.94. The van der Waals surface area contributed by atoms with Crippen LogP contribution in [-0.2, 0) is 0 Å². The van der Waals surface area contributed by atoms with E-state index in [-0.39, 0.29) is 5.82 Å². The molecule has 2 aromatic carbocycles. The summed E-state index contributed by atoms with van der Waals surface area (Å²) in [5.74, 6) is 0.202. The van der Waals surface area contributed by atoms with Gasteiger partial charge < -0.3 is 5.11 Å². The first-order valence-corrected chi connectivity index (χ1v) is 7.06. The van der Waals surface area contributed by atoms with Crippen LogP contribution in [-0.4, -0.2) is 5.11 Å². The highest BCUT2D eigenvalue weighted by molar-refractivity contribution is 5.34. The van der Waals surface area contributed by atoms with Gasteiger partial charge >= 0.3 is 0 Å². The predicted molar refractivity (Wildman–Crippen MR) is 80.3 cm³/mol. The van der Waals surface area contributed by atoms with E-state index < -0.39 is 6.10 Å². The molecule has 1 nitrogen and oxygen atoms in total. The molecule has 2 heteroatoms. The fourth-order valence-corrected chi connectivity index (χ4v) is 2.36. The Morgan fingerprint density at radius 2 is 1.60 bits per heavy atom. The molecule has 0 amide bonds. The molecule has 0 bridgehead atoms. The largest absolute Gasteiger partial charge is 0.384 e. The number of halogens is 1. The summed E-state index contributed by atoms with van der Waals surface area (Å²) in [5, 5.41) is 10.4. The zero-order valence-corrected chi connectivity index (χ0v) is 12.2. The molecular weight excluding hydrogens is 251 g/mol. The summed E-state index contributed by atoms with van der Waals surface area (Å²) in [6, 6.07) is 12.6. The minimum Gasteiger partial charge on any atom is -0.384 e. The Hall–Kier alpha value is -1.67. The Kier molecular flexibility index (Phi) is 4.56. The van der Waals surface area contributed by atoms with Crippen LogP contribution in [0.4, 0.5) is 4.39 Å². The van der Waals surface area contributed by atoms with Crippen molar-refractivity contribution < 1.29 is 9.50 Å². The van der Waals surface area contributed by atoms with Gasteiger partial charge in [0.2, 0.25) is 0 Å². The van der Waals surface area contributed by atoms with Crippen LogP contribution in [0.1, 0.15) is 54.5 Å². The minimum atomic E-state index is -0.782. The first kappa shape index (κ1) is 14.7. The molecule has 0 aliphatic heterocycles. The van der Waals surface area contributed by atoms with E-state index >= 15 is 0 Å². The van der Waals surface area contributed by atoms with Crippen molar-refractivity contribution in [2.24, 2.45) is 0 Å². The van der Waals surface area contributed by atoms with Crippen molar-refractivity contribution in [1.29, 1.82) is 0 Å². The Bertz CT molecular complexity index is 554. The Morgan fingerprint density at radius 1 is 1.00 bits per heavy atom. The number of rotatable bonds is 4. The lowest BCUT2D eigenvalue weighted by molar-refractivity contribution is 0.219. The third-order valence-corrected chi connectivity index (χ3v) is 3.81. The van der Waals surface area contributed by atoms with Crippen LogP contribution in [0.15, 0.2) is 42.5 Å². The van der Waals surface area contributed by atoms with Crippen molar-refractivity contribution in [3.63, 3.8) is 0 Å². The van der Waals surface area contributed by atoms with Crippen LogP contribution in [0.25, 0.3) is 0 Å². The molecule has 0 aromatic heterocycles. The number of hydrogen-bond acceptors (Lipinski definition) is 1. The lowest BCUT2D eigenvalue weighted by Crippen LogP contribution is -2.01. The average Bonchev–Trinajstić information content (AvgIpc) is 2.45. The molecule has 106 valence electrons. The summed E-state index contributed by atoms with van der Waals surface area (Å²) >= 11 is 0. The van der Waals surface area contributed by atoms with Gasteiger partial charge in [-0.15, -0.1) is 0 Å². The molecule has 2 unspecified atom stereocenters. The topological polar surface area (TPSA) is 20.2 Å². The van der Waals surface area contributed by atoms with Crippen LogP contribution < -0.4 is 0 Å². The van der Waals surface area contributed by atoms with E-state index in [1.54, 1.807) is 0 Å². The number of benzene rings is 2. The molecule has 0 heterocycles. The highest BCUT2D eigenvalue weighted by atomic mass is 19.1. The zero-order valence-electron chi connectivity index (χ0n) is 12.2. The molecule has 0 saturated heterocycles. The molecule has 20 heavy (non-hydrogen) atoms. The molecule has 0 radical (unpaired) electrons. The molecular formula is C18H21FO. The summed E-state index contributed by atoms with van der Waals surface area (Å²) in [5.41, 5.74) is 3.47. The second kappa shape index (κ2) is 6.19. The van der Waals surface area contributed by atoms with Crippen LogP contribution in [0.2, 0.25) is 0 Å². The molecule has 2 aromatic rings. The van der Waals surface area contributed by atoms with Gasteiger partial charge in [-0.05, 0) is 53.6 Å². The highest BCUT2D eigenvalue weighted by Crippen LogP contribution is 2.26. The fraction of sp³-hybridized carbons (Fsp3) is 0.333. The van der Waals surface area contributed by atoms with Crippen molar-refractivity contribution in [1.82, 2.24) is 0 Å². The van der Waals surface area contributed by atoms with Crippen molar-refractivity contribution >= 4 is 0 Å². The Balaban J connectivity index is 2.26. The third-order valence-electron chi connectivity index (χ3n) is 3.81. The summed E-state index contributed by atoms with van der Waals surface area (Å²) < 4.78 is 13.4. The van der Waals surface area contributed by atoms with Gasteiger partial charge in [-0.2, -0.15) is 0 Å². The smallest absolute Gasteiger partial charge is 0.123 e. The first-order chi connectivity index (χ1) is 9.51. The molecule has 2 atom stereocenters. The molecule has 1 N–H and O–H groups in total. The van der Waals surface area contributed by atoms with Gasteiger partial charge in [-0.1, -0.05) is 44.2 Å². The van der Waals surface area contributed by atoms with Gasteiger partial charge in [0.15, 0.2) is 0 Å². The van der Waals surface area contributed by atoms with Gasteiger partial charge in [0, 0.05) is 0 Å². The normalized spacial score (nSPS) is 14.1. The maximum absolute atomic E-state index is 13.4. The summed E-state index contributed by atoms with van der Waals surface area (Å²) in [7, 11) is 0. The molecule has 0 spiro atoms. The van der Waals surface area contributed by atoms with Crippen LogP contribution in [0.5, 0.6) is 0 Å². The summed E-state index contributed by atoms with van der Waals surface area (Å²) in [6.07, 6.45) is 0.306. The van der Waals surface area contributed by atoms with E-state index in [1.165, 1.54) is 17.7 Å². The van der Waals surface area contributed by atoms with E-state index in [1.807, 2.05) is 37.3 Å². The third kappa shape index (κ3) is 3.26. The minimum absolute atomic E-state index is 0.310. The number of hydrogen-bond donors (Lipinski definition) is 1. The van der Waals surface area contributed by atoms with Crippen LogP contribution in [0, 0.1) is 12.7 Å². The number of aliphatic hydroxyl groups excluding tert-OH is 1. The summed E-state index contributed by atoms with van der Waals surface area (Å²) in [4.78, 5) is 0. The van der Waals surface area contributed by atoms with Gasteiger partial charge in [0.1, 0.15) is 11.9 Å². The van der Waals surface area contributed by atoms with E-state index in [9.17, 15) is 9.50 Å². The number of aryl methyl sites for hydroxylation is 1. The SMILES string of the molecule is CCC(C)c1ccc(C(O)c2cc(C)cc(F)c2)cc1. The van der Waals surface area contributed by atoms with Crippen molar-refractivity contribution in [2.75, 3.05) is 0 Å². The maximum atomic E-state index is 13.4. The van der Waals surface area contributed by atoms with Crippen LogP contribution in [0.3, 0.4) is 0 Å². The van der Waals surface area contributed by atoms with Gasteiger partial charge in [-0.3, -0.25) is 0 Å². The number of aliphatic hydroxyl groups is 1. The Labute approximate surface area is 120 Å². The molecule has 0 fully saturated rings. The molecule has 0 aliphatic carbocycles. The van der Waals surface area contributed by atoms with E-state index in [4.69, 9.17) is 0 Å². The second-order valence-electron chi connectivity index (χ2n) is 5.44. The van der Waals surface area contributed by atoms with Gasteiger partial charge in [0.25, 0.3) is 0 Å². The maximum Gasteiger partial charge on any atom is 0.123 e. The second-order valence-corrected chi connectivity index (χ2v) is 5.44. The standard InChI is InChI=1S/C18H21FO/c1-4-13(3)14-5-7-15(8-6-14)18(20)16-9-12(2)10-17(19)11-16/h5-11,13,18,20H,4H2,1-3H3. The highest BCUT2D eigenvalue weighted by Gasteiger charge is 2.12. The van der Waals surface area contributed by atoms with Gasteiger partial charge in [0.05, 0.1) is 0 Å². The fourth-order valence-electron chi connectivity index (χ4n) is 2.36. The van der Waals surface area contributed by atoms with E-state index in [0.29, 0.717) is 11.5 Å². The molecule has 2 rings (SSSR count). The predicted octanol–water partition coefficient (Wildman–Crippen LogP) is 4.73. The Morgan fingerprint density at radius 3 is 2.15 bits per heavy atom. The van der Waals surface area contributed by atoms with Crippen LogP contribution >= 0.6 is 0 Å². The zero-order chi connectivity index (χ0) is 14.7. The van der Waals surface area contributed by atoms with Gasteiger partial charge in [-0.25, -0.2) is 4.39 Å². The van der Waals surface area contributed by atoms with Crippen molar-refractivity contribution in [2.45, 2.75) is 39.2 Å². The summed E-state index contributed by atoms with van der Waals surface area (Å²) in [6.45, 7) is 6.16. The molecule has 0 aliphatic rings. The van der Waals surface area contributed by atoms with E-state index in [2.05, 4.69) is 13.8 Å². The monoisotopic (exact) mass is 272 g/mol. The lowest BCUT2D eigenvalue weighted by Gasteiger charge is -2.14. The van der Waals surface area contributed by atoms with Crippen molar-refractivity contribution in [3.05, 3.63) is 70.5 Å². The van der Waals surface area contributed by atoms with E-state index in [0.717, 1.165) is 17.5 Å². The van der Waals surface area contributed by atoms with Crippen molar-refractivity contribution in [3.8, 4) is 0 Å². The molecule has 0 saturated carbocycles. The first-order valence-electron chi connectivity index (χ1n) is 7.06. The quantitative estimate of drug-likeness (QED) is 0.853. The average molecular weight is 272 g/mol.